The van der Waals surface area contributed by atoms with E-state index in [0.717, 1.165) is 0 Å². The van der Waals surface area contributed by atoms with Gasteiger partial charge in [-0.1, -0.05) is 0 Å². The number of aliphatic imine (C=N–C) groups is 1. The molecule has 2 aliphatic rings. The highest BCUT2D eigenvalue weighted by molar-refractivity contribution is 5.95. The summed E-state index contributed by atoms with van der Waals surface area (Å²) in [6.45, 7) is 0.487. The Morgan fingerprint density at radius 2 is 1.87 bits per heavy atom. The van der Waals surface area contributed by atoms with Gasteiger partial charge in [0.1, 0.15) is 17.8 Å². The van der Waals surface area contributed by atoms with Crippen LogP contribution >= 0.6 is 0 Å². The first-order valence-corrected chi connectivity index (χ1v) is 13.9. The van der Waals surface area contributed by atoms with Crippen LogP contribution in [0.15, 0.2) is 47.6 Å². The normalized spacial score (nSPS) is 21.3. The molecule has 0 radical (unpaired) electrons. The number of halogens is 2. The van der Waals surface area contributed by atoms with Gasteiger partial charge in [-0.15, -0.1) is 0 Å². The fourth-order valence-corrected chi connectivity index (χ4v) is 5.37. The highest BCUT2D eigenvalue weighted by Crippen LogP contribution is 2.41. The van der Waals surface area contributed by atoms with Crippen LogP contribution < -0.4 is 20.5 Å². The lowest BCUT2D eigenvalue weighted by molar-refractivity contribution is -0.148. The number of aliphatic carboxylic acids is 2. The number of anilines is 1. The number of ether oxygens (including phenoxy) is 2. The van der Waals surface area contributed by atoms with Crippen molar-refractivity contribution in [1.29, 1.82) is 5.41 Å². The molecular weight excluding hydrogens is 594 g/mol. The summed E-state index contributed by atoms with van der Waals surface area (Å²) < 4.78 is 41.8. The molecule has 7 N–H and O–H groups in total. The second-order valence-electron chi connectivity index (χ2n) is 10.8. The first kappa shape index (κ1) is 31.1. The van der Waals surface area contributed by atoms with Crippen molar-refractivity contribution in [2.45, 2.75) is 31.5 Å². The number of pyridine rings is 1. The number of nitrogens with one attached hydrogen (secondary N) is 2. The molecule has 0 amide bonds. The van der Waals surface area contributed by atoms with E-state index in [9.17, 15) is 29.3 Å². The number of phenols is 1. The molecule has 1 fully saturated rings. The van der Waals surface area contributed by atoms with Crippen LogP contribution in [-0.2, 0) is 9.59 Å². The highest BCUT2D eigenvalue weighted by atomic mass is 19.1. The van der Waals surface area contributed by atoms with Crippen LogP contribution in [0.25, 0.3) is 0 Å². The van der Waals surface area contributed by atoms with Crippen molar-refractivity contribution in [2.24, 2.45) is 22.6 Å². The van der Waals surface area contributed by atoms with E-state index >= 15 is 4.39 Å². The molecule has 236 valence electrons. The van der Waals surface area contributed by atoms with E-state index in [1.807, 2.05) is 4.90 Å². The molecule has 15 heteroatoms. The Hall–Kier alpha value is -5.31. The van der Waals surface area contributed by atoms with Gasteiger partial charge in [-0.3, -0.25) is 24.9 Å². The van der Waals surface area contributed by atoms with Crippen LogP contribution in [0.1, 0.15) is 36.6 Å². The summed E-state index contributed by atoms with van der Waals surface area (Å²) in [6.07, 6.45) is 2.35. The zero-order valence-corrected chi connectivity index (χ0v) is 23.9. The number of amidine groups is 1. The Kier molecular flexibility index (Phi) is 8.81. The molecule has 4 unspecified atom stereocenters. The smallest absolute Gasteiger partial charge is 0.308 e. The van der Waals surface area contributed by atoms with Crippen LogP contribution in [0.4, 0.5) is 14.5 Å². The molecule has 0 spiro atoms. The molecule has 1 aliphatic heterocycles. The molecule has 0 saturated heterocycles. The average molecular weight is 625 g/mol. The maximum Gasteiger partial charge on any atom is 0.308 e. The van der Waals surface area contributed by atoms with E-state index in [0.29, 0.717) is 36.8 Å². The summed E-state index contributed by atoms with van der Waals surface area (Å²) >= 11 is 0. The van der Waals surface area contributed by atoms with Gasteiger partial charge in [-0.05, 0) is 62.7 Å². The monoisotopic (exact) mass is 624 g/mol. The van der Waals surface area contributed by atoms with Gasteiger partial charge in [0.05, 0.1) is 18.0 Å². The number of benzene rings is 2. The first-order chi connectivity index (χ1) is 21.4. The van der Waals surface area contributed by atoms with E-state index in [1.165, 1.54) is 24.3 Å². The van der Waals surface area contributed by atoms with Crippen LogP contribution in [0.3, 0.4) is 0 Å². The van der Waals surface area contributed by atoms with Crippen molar-refractivity contribution in [3.8, 4) is 28.9 Å². The zero-order valence-electron chi connectivity index (χ0n) is 23.9. The quantitative estimate of drug-likeness (QED) is 0.138. The molecular formula is C30H30F2N6O7. The lowest BCUT2D eigenvalue weighted by Crippen LogP contribution is -2.41. The number of rotatable bonds is 10. The van der Waals surface area contributed by atoms with E-state index in [1.54, 1.807) is 25.4 Å². The average Bonchev–Trinajstić information content (AvgIpc) is 3.43. The lowest BCUT2D eigenvalue weighted by Gasteiger charge is -2.33. The van der Waals surface area contributed by atoms with Gasteiger partial charge in [0.25, 0.3) is 5.88 Å². The van der Waals surface area contributed by atoms with Crippen molar-refractivity contribution in [1.82, 2.24) is 9.88 Å². The molecule has 5 rings (SSSR count). The van der Waals surface area contributed by atoms with Crippen molar-refractivity contribution in [2.75, 3.05) is 18.9 Å². The number of nitrogen functional groups attached to an aromatic ring is 1. The van der Waals surface area contributed by atoms with Crippen molar-refractivity contribution in [3.05, 3.63) is 65.4 Å². The van der Waals surface area contributed by atoms with Gasteiger partial charge >= 0.3 is 11.9 Å². The van der Waals surface area contributed by atoms with Gasteiger partial charge in [0, 0.05) is 35.6 Å². The topological polar surface area (TPSA) is 204 Å². The minimum Gasteiger partial charge on any atom is -0.504 e. The maximum atomic E-state index is 15.6. The molecule has 0 bridgehead atoms. The van der Waals surface area contributed by atoms with Gasteiger partial charge in [0.15, 0.2) is 17.3 Å². The Balaban J connectivity index is 1.46. The number of phenolic OH excluding ortho intramolecular Hbond substituents is 1. The summed E-state index contributed by atoms with van der Waals surface area (Å²) in [5.41, 5.74) is 6.56. The molecule has 2 aromatic carbocycles. The number of aromatic hydroxyl groups is 1. The van der Waals surface area contributed by atoms with Gasteiger partial charge in [-0.25, -0.2) is 9.37 Å². The Bertz CT molecular complexity index is 1690. The Morgan fingerprint density at radius 1 is 1.09 bits per heavy atom. The minimum absolute atomic E-state index is 0.0200. The van der Waals surface area contributed by atoms with Crippen LogP contribution in [0, 0.1) is 28.9 Å². The van der Waals surface area contributed by atoms with Crippen LogP contribution in [0.2, 0.25) is 0 Å². The first-order valence-electron chi connectivity index (χ1n) is 13.9. The molecule has 1 aromatic heterocycles. The third-order valence-electron chi connectivity index (χ3n) is 7.78. The van der Waals surface area contributed by atoms with E-state index in [2.05, 4.69) is 15.3 Å². The molecule has 4 atom stereocenters. The molecule has 1 aliphatic carbocycles. The summed E-state index contributed by atoms with van der Waals surface area (Å²) in [5.74, 6) is -8.80. The number of carboxylic acids is 2. The Morgan fingerprint density at radius 3 is 2.53 bits per heavy atom. The molecule has 45 heavy (non-hydrogen) atoms. The fraction of sp³-hybridized carbons (Fsp3) is 0.300. The van der Waals surface area contributed by atoms with Crippen molar-refractivity contribution in [3.63, 3.8) is 0 Å². The number of aromatic nitrogens is 1. The molecule has 2 heterocycles. The highest BCUT2D eigenvalue weighted by Gasteiger charge is 2.38. The van der Waals surface area contributed by atoms with Gasteiger partial charge < -0.3 is 35.8 Å². The summed E-state index contributed by atoms with van der Waals surface area (Å²) in [4.78, 5) is 33.4. The number of hydrogen-bond acceptors (Lipinski definition) is 10. The van der Waals surface area contributed by atoms with Crippen molar-refractivity contribution >= 4 is 29.7 Å². The maximum absolute atomic E-state index is 15.6. The lowest BCUT2D eigenvalue weighted by atomic mass is 9.78. The third-order valence-corrected chi connectivity index (χ3v) is 7.78. The summed E-state index contributed by atoms with van der Waals surface area (Å²) in [6, 6.07) is 7.85. The molecule has 13 nitrogen and oxygen atoms in total. The Labute approximate surface area is 255 Å². The second kappa shape index (κ2) is 12.7. The number of nitrogens with zero attached hydrogens (tertiary/aromatic N) is 3. The van der Waals surface area contributed by atoms with E-state index in [-0.39, 0.29) is 29.3 Å². The summed E-state index contributed by atoms with van der Waals surface area (Å²) in [5, 5.41) is 40.1. The van der Waals surface area contributed by atoms with Crippen LogP contribution in [0.5, 0.6) is 28.9 Å². The predicted molar refractivity (Wildman–Crippen MR) is 157 cm³/mol. The number of carbonyl (C=O) groups is 2. The predicted octanol–water partition coefficient (Wildman–Crippen LogP) is 4.31. The third kappa shape index (κ3) is 6.62. The zero-order chi connectivity index (χ0) is 32.4. The molecule has 3 aromatic rings. The van der Waals surface area contributed by atoms with Crippen molar-refractivity contribution < 1.29 is 43.2 Å². The fourth-order valence-electron chi connectivity index (χ4n) is 5.37. The SMILES string of the molecule is CN1CC=NC1c1cc(NC2CCC(C(=O)O)CC2C(=O)O)ccc1Oc1c(F)cnc(Oc2cc(C(=N)N)ccc2O)c1F. The number of carboxylic acid groups (broad SMARTS) is 2. The van der Waals surface area contributed by atoms with Gasteiger partial charge in [-0.2, -0.15) is 4.39 Å². The number of nitrogens with two attached hydrogens (primary N) is 1. The van der Waals surface area contributed by atoms with E-state index < -0.39 is 65.0 Å². The standard InChI is InChI=1S/C30H30F2N6O7/c1-38-9-8-35-27(38)18-12-16(37-20-5-2-15(29(40)41)10-17(20)30(42)43)4-7-22(18)44-25-19(31)13-36-28(24(25)32)45-23-11-14(26(33)34)3-6-21(23)39/h3-4,6-8,11-13,15,17,20,27,37,39H,2,5,9-10H2,1H3,(H3,33,34)(H,40,41)(H,42,43). The van der Waals surface area contributed by atoms with Crippen LogP contribution in [-0.4, -0.2) is 68.8 Å². The number of hydrogen-bond donors (Lipinski definition) is 6. The summed E-state index contributed by atoms with van der Waals surface area (Å²) in [7, 11) is 1.79. The minimum atomic E-state index is -1.31. The van der Waals surface area contributed by atoms with E-state index in [4.69, 9.17) is 20.6 Å². The molecule has 1 saturated carbocycles. The van der Waals surface area contributed by atoms with Gasteiger partial charge in [0.2, 0.25) is 11.6 Å². The largest absolute Gasteiger partial charge is 0.504 e. The second-order valence-corrected chi connectivity index (χ2v) is 10.8.